The number of benzene rings is 9. The number of nitrogens with one attached hydrogen (secondary N) is 1. The SMILES string of the molecule is c1ccc(-n2c3ccccc3c3c(Nc4ccc5c(c4)sc4cc(-c6ccc7c(c6)c6ccccc6n7-c6ccc7ccccc7c6)ccc45)cccc32)cc1. The fourth-order valence-electron chi connectivity index (χ4n) is 8.92. The molecule has 0 fully saturated rings. The number of fused-ring (bicyclic) bond motifs is 10. The lowest BCUT2D eigenvalue weighted by Gasteiger charge is -2.10. The number of rotatable bonds is 5. The van der Waals surface area contributed by atoms with Crippen LogP contribution in [0.2, 0.25) is 0 Å². The standard InChI is InChI=1S/C52H33N3S/c1-2-13-38(14-3-1)54-47-19-9-7-16-43(47)52-45(17-10-20-49(52)54)53-37-24-27-42-41-26-22-36(31-50(41)56-51(42)32-37)35-23-28-48-44(30-35)40-15-6-8-18-46(40)55(48)39-25-21-33-11-4-5-12-34(33)29-39/h1-32,53H. The molecule has 0 atom stereocenters. The zero-order valence-corrected chi connectivity index (χ0v) is 31.1. The first-order valence-corrected chi connectivity index (χ1v) is 19.9. The molecule has 3 nitrogen and oxygen atoms in total. The predicted molar refractivity (Wildman–Crippen MR) is 241 cm³/mol. The molecule has 0 bridgehead atoms. The molecule has 0 aliphatic carbocycles. The Hall–Kier alpha value is -7.14. The zero-order valence-electron chi connectivity index (χ0n) is 30.3. The summed E-state index contributed by atoms with van der Waals surface area (Å²) in [5, 5.41) is 13.9. The van der Waals surface area contributed by atoms with Crippen LogP contribution in [-0.2, 0) is 0 Å². The predicted octanol–water partition coefficient (Wildman–Crippen LogP) is 14.8. The summed E-state index contributed by atoms with van der Waals surface area (Å²) >= 11 is 1.86. The first-order chi connectivity index (χ1) is 27.7. The largest absolute Gasteiger partial charge is 0.355 e. The summed E-state index contributed by atoms with van der Waals surface area (Å²) < 4.78 is 7.34. The molecule has 262 valence electrons. The third-order valence-corrected chi connectivity index (χ3v) is 12.6. The van der Waals surface area contributed by atoms with Crippen LogP contribution in [0.15, 0.2) is 194 Å². The number of aromatic nitrogens is 2. The smallest absolute Gasteiger partial charge is 0.0562 e. The van der Waals surface area contributed by atoms with Gasteiger partial charge in [0.25, 0.3) is 0 Å². The molecule has 0 unspecified atom stereocenters. The molecule has 12 rings (SSSR count). The Morgan fingerprint density at radius 2 is 1.00 bits per heavy atom. The van der Waals surface area contributed by atoms with Gasteiger partial charge in [-0.15, -0.1) is 11.3 Å². The molecule has 0 amide bonds. The van der Waals surface area contributed by atoms with Gasteiger partial charge >= 0.3 is 0 Å². The Morgan fingerprint density at radius 1 is 0.357 bits per heavy atom. The van der Waals surface area contributed by atoms with Gasteiger partial charge in [0.1, 0.15) is 0 Å². The maximum atomic E-state index is 3.82. The number of thiophene rings is 1. The normalized spacial score (nSPS) is 11.9. The highest BCUT2D eigenvalue weighted by Gasteiger charge is 2.17. The Labute approximate surface area is 326 Å². The van der Waals surface area contributed by atoms with Gasteiger partial charge in [-0.25, -0.2) is 0 Å². The number of anilines is 2. The molecule has 0 aliphatic rings. The van der Waals surface area contributed by atoms with E-state index < -0.39 is 0 Å². The van der Waals surface area contributed by atoms with Crippen molar-refractivity contribution in [3.05, 3.63) is 194 Å². The molecule has 9 aromatic carbocycles. The molecular weight excluding hydrogens is 699 g/mol. The topological polar surface area (TPSA) is 21.9 Å². The summed E-state index contributed by atoms with van der Waals surface area (Å²) in [5.41, 5.74) is 11.8. The van der Waals surface area contributed by atoms with Crippen LogP contribution < -0.4 is 5.32 Å². The van der Waals surface area contributed by atoms with Gasteiger partial charge in [-0.3, -0.25) is 0 Å². The van der Waals surface area contributed by atoms with E-state index >= 15 is 0 Å². The van der Waals surface area contributed by atoms with Gasteiger partial charge < -0.3 is 14.5 Å². The molecule has 0 saturated heterocycles. The second-order valence-electron chi connectivity index (χ2n) is 14.7. The second kappa shape index (κ2) is 12.2. The van der Waals surface area contributed by atoms with Crippen LogP contribution in [-0.4, -0.2) is 9.13 Å². The van der Waals surface area contributed by atoms with Crippen molar-refractivity contribution in [3.63, 3.8) is 0 Å². The van der Waals surface area contributed by atoms with Crippen molar-refractivity contribution in [2.75, 3.05) is 5.32 Å². The molecule has 0 radical (unpaired) electrons. The molecule has 0 aliphatic heterocycles. The number of hydrogen-bond donors (Lipinski definition) is 1. The minimum Gasteiger partial charge on any atom is -0.355 e. The Balaban J connectivity index is 0.928. The average Bonchev–Trinajstić information content (AvgIpc) is 3.91. The molecule has 3 heterocycles. The summed E-state index contributed by atoms with van der Waals surface area (Å²) in [6.07, 6.45) is 0. The highest BCUT2D eigenvalue weighted by molar-refractivity contribution is 7.25. The van der Waals surface area contributed by atoms with Crippen molar-refractivity contribution in [2.24, 2.45) is 0 Å². The van der Waals surface area contributed by atoms with Gasteiger partial charge in [-0.05, 0) is 101 Å². The number of nitrogens with zero attached hydrogens (tertiary/aromatic N) is 2. The van der Waals surface area contributed by atoms with Gasteiger partial charge in [-0.2, -0.15) is 0 Å². The van der Waals surface area contributed by atoms with E-state index in [1.54, 1.807) is 0 Å². The number of para-hydroxylation sites is 3. The van der Waals surface area contributed by atoms with Gasteiger partial charge in [0.15, 0.2) is 0 Å². The van der Waals surface area contributed by atoms with Crippen molar-refractivity contribution in [3.8, 4) is 22.5 Å². The summed E-state index contributed by atoms with van der Waals surface area (Å²) in [5.74, 6) is 0. The van der Waals surface area contributed by atoms with Crippen molar-refractivity contribution in [1.82, 2.24) is 9.13 Å². The van der Waals surface area contributed by atoms with Crippen LogP contribution in [0.3, 0.4) is 0 Å². The van der Waals surface area contributed by atoms with E-state index in [-0.39, 0.29) is 0 Å². The zero-order chi connectivity index (χ0) is 36.7. The van der Waals surface area contributed by atoms with E-state index in [0.717, 1.165) is 17.1 Å². The minimum atomic E-state index is 1.08. The quantitative estimate of drug-likeness (QED) is 0.187. The summed E-state index contributed by atoms with van der Waals surface area (Å²) in [7, 11) is 0. The second-order valence-corrected chi connectivity index (χ2v) is 15.7. The molecule has 56 heavy (non-hydrogen) atoms. The Kier molecular flexibility index (Phi) is 6.80. The van der Waals surface area contributed by atoms with E-state index in [0.29, 0.717) is 0 Å². The molecular formula is C52H33N3S. The lowest BCUT2D eigenvalue weighted by atomic mass is 10.0. The third-order valence-electron chi connectivity index (χ3n) is 11.5. The van der Waals surface area contributed by atoms with E-state index in [9.17, 15) is 0 Å². The molecule has 4 heteroatoms. The maximum absolute atomic E-state index is 3.82. The summed E-state index contributed by atoms with van der Waals surface area (Å²) in [6, 6.07) is 70.8. The van der Waals surface area contributed by atoms with Gasteiger partial charge in [0.2, 0.25) is 0 Å². The van der Waals surface area contributed by atoms with E-state index in [1.807, 2.05) is 11.3 Å². The van der Waals surface area contributed by atoms with E-state index in [1.165, 1.54) is 91.4 Å². The highest BCUT2D eigenvalue weighted by atomic mass is 32.1. The first-order valence-electron chi connectivity index (χ1n) is 19.1. The lowest BCUT2D eigenvalue weighted by Crippen LogP contribution is -1.94. The Morgan fingerprint density at radius 3 is 1.88 bits per heavy atom. The fourth-order valence-corrected chi connectivity index (χ4v) is 10.1. The summed E-state index contributed by atoms with van der Waals surface area (Å²) in [6.45, 7) is 0. The van der Waals surface area contributed by atoms with E-state index in [2.05, 4.69) is 209 Å². The van der Waals surface area contributed by atoms with Crippen LogP contribution >= 0.6 is 11.3 Å². The van der Waals surface area contributed by atoms with Crippen LogP contribution in [0.25, 0.3) is 97.1 Å². The average molecular weight is 732 g/mol. The van der Waals surface area contributed by atoms with Crippen LogP contribution in [0.5, 0.6) is 0 Å². The van der Waals surface area contributed by atoms with Crippen LogP contribution in [0, 0.1) is 0 Å². The third kappa shape index (κ3) is 4.76. The molecule has 0 spiro atoms. The van der Waals surface area contributed by atoms with Gasteiger partial charge in [0, 0.05) is 64.5 Å². The maximum Gasteiger partial charge on any atom is 0.0562 e. The van der Waals surface area contributed by atoms with Gasteiger partial charge in [-0.1, -0.05) is 115 Å². The van der Waals surface area contributed by atoms with Crippen LogP contribution in [0.1, 0.15) is 0 Å². The van der Waals surface area contributed by atoms with Crippen molar-refractivity contribution >= 4 is 97.3 Å². The first kappa shape index (κ1) is 31.2. The van der Waals surface area contributed by atoms with Crippen molar-refractivity contribution in [1.29, 1.82) is 0 Å². The number of hydrogen-bond acceptors (Lipinski definition) is 2. The van der Waals surface area contributed by atoms with Gasteiger partial charge in [0.05, 0.1) is 22.1 Å². The summed E-state index contributed by atoms with van der Waals surface area (Å²) in [4.78, 5) is 0. The molecule has 12 aromatic rings. The lowest BCUT2D eigenvalue weighted by molar-refractivity contribution is 1.18. The van der Waals surface area contributed by atoms with E-state index in [4.69, 9.17) is 0 Å². The minimum absolute atomic E-state index is 1.08. The Bertz CT molecular complexity index is 3510. The monoisotopic (exact) mass is 731 g/mol. The highest BCUT2D eigenvalue weighted by Crippen LogP contribution is 2.42. The molecule has 3 aromatic heterocycles. The van der Waals surface area contributed by atoms with Crippen LogP contribution in [0.4, 0.5) is 11.4 Å². The molecule has 1 N–H and O–H groups in total. The van der Waals surface area contributed by atoms with Crippen molar-refractivity contribution < 1.29 is 0 Å². The molecule has 0 saturated carbocycles. The van der Waals surface area contributed by atoms with Crippen molar-refractivity contribution in [2.45, 2.75) is 0 Å². The fraction of sp³-hybridized carbons (Fsp3) is 0.